The van der Waals surface area contributed by atoms with Gasteiger partial charge in [0.1, 0.15) is 5.58 Å². The highest BCUT2D eigenvalue weighted by Gasteiger charge is 2.14. The summed E-state index contributed by atoms with van der Waals surface area (Å²) in [5, 5.41) is 1.21. The maximum absolute atomic E-state index is 6.00. The van der Waals surface area contributed by atoms with Crippen molar-refractivity contribution in [2.45, 2.75) is 53.4 Å². The number of hydrogen-bond donors (Lipinski definition) is 0. The van der Waals surface area contributed by atoms with Crippen LogP contribution >= 0.6 is 0 Å². The topological polar surface area (TPSA) is 13.1 Å². The van der Waals surface area contributed by atoms with Crippen LogP contribution in [0.15, 0.2) is 77.4 Å². The summed E-state index contributed by atoms with van der Waals surface area (Å²) in [4.78, 5) is 0. The molecule has 0 aliphatic rings. The van der Waals surface area contributed by atoms with Crippen molar-refractivity contribution in [3.8, 4) is 11.1 Å². The third kappa shape index (κ3) is 4.66. The molecule has 1 aromatic heterocycles. The number of rotatable bonds is 7. The van der Waals surface area contributed by atoms with Gasteiger partial charge in [-0.3, -0.25) is 0 Å². The lowest BCUT2D eigenvalue weighted by atomic mass is 9.91. The molecule has 0 fully saturated rings. The predicted molar refractivity (Wildman–Crippen MR) is 133 cm³/mol. The minimum Gasteiger partial charge on any atom is -0.464 e. The first kappa shape index (κ1) is 21.2. The van der Waals surface area contributed by atoms with Gasteiger partial charge in [-0.25, -0.2) is 0 Å². The third-order valence-electron chi connectivity index (χ3n) is 6.34. The van der Waals surface area contributed by atoms with Crippen LogP contribution in [-0.2, 0) is 19.3 Å². The van der Waals surface area contributed by atoms with E-state index in [2.05, 4.69) is 88.9 Å². The molecule has 0 amide bonds. The molecule has 0 atom stereocenters. The second-order valence-electron chi connectivity index (χ2n) is 8.84. The summed E-state index contributed by atoms with van der Waals surface area (Å²) in [6.07, 6.45) is 5.79. The quantitative estimate of drug-likeness (QED) is 0.280. The molecule has 0 radical (unpaired) electrons. The lowest BCUT2D eigenvalue weighted by molar-refractivity contribution is 0.610. The standard InChI is InChI=1S/C30H32O/c1-6-20(2)16-27-19-31-30-17-26(14-13-24-10-9-22(4)15-23(24)5)28(18-29(27)30)25-11-7-21(3)8-12-25/h7-12,15,17-19H,2,6,13-14,16H2,1,3-5H3. The van der Waals surface area contributed by atoms with Gasteiger partial charge in [-0.2, -0.15) is 0 Å². The molecule has 3 aromatic carbocycles. The van der Waals surface area contributed by atoms with E-state index in [0.717, 1.165) is 31.3 Å². The number of allylic oxidation sites excluding steroid dienone is 1. The number of benzene rings is 3. The molecule has 0 spiro atoms. The van der Waals surface area contributed by atoms with Crippen molar-refractivity contribution in [1.82, 2.24) is 0 Å². The Morgan fingerprint density at radius 2 is 1.52 bits per heavy atom. The summed E-state index contributed by atoms with van der Waals surface area (Å²) >= 11 is 0. The molecule has 0 aliphatic carbocycles. The van der Waals surface area contributed by atoms with E-state index in [4.69, 9.17) is 4.42 Å². The van der Waals surface area contributed by atoms with Crippen LogP contribution in [0.25, 0.3) is 22.1 Å². The fourth-order valence-electron chi connectivity index (χ4n) is 4.30. The third-order valence-corrected chi connectivity index (χ3v) is 6.34. The Hall–Kier alpha value is -3.06. The van der Waals surface area contributed by atoms with E-state index in [-0.39, 0.29) is 0 Å². The molecule has 0 N–H and O–H groups in total. The Morgan fingerprint density at radius 1 is 0.806 bits per heavy atom. The van der Waals surface area contributed by atoms with Crippen molar-refractivity contribution in [3.63, 3.8) is 0 Å². The smallest absolute Gasteiger partial charge is 0.134 e. The summed E-state index contributed by atoms with van der Waals surface area (Å²) < 4.78 is 6.00. The summed E-state index contributed by atoms with van der Waals surface area (Å²) in [6.45, 7) is 12.9. The van der Waals surface area contributed by atoms with Crippen molar-refractivity contribution in [2.75, 3.05) is 0 Å². The first-order chi connectivity index (χ1) is 14.9. The first-order valence-electron chi connectivity index (χ1n) is 11.3. The molecule has 0 bridgehead atoms. The van der Waals surface area contributed by atoms with E-state index in [1.54, 1.807) is 0 Å². The van der Waals surface area contributed by atoms with Crippen molar-refractivity contribution in [3.05, 3.63) is 106 Å². The second-order valence-corrected chi connectivity index (χ2v) is 8.84. The molecule has 31 heavy (non-hydrogen) atoms. The van der Waals surface area contributed by atoms with Gasteiger partial charge in [-0.15, -0.1) is 0 Å². The first-order valence-corrected chi connectivity index (χ1v) is 11.3. The van der Waals surface area contributed by atoms with E-state index in [1.165, 1.54) is 55.5 Å². The number of hydrogen-bond acceptors (Lipinski definition) is 1. The van der Waals surface area contributed by atoms with Crippen LogP contribution in [0.3, 0.4) is 0 Å². The number of furan rings is 1. The highest BCUT2D eigenvalue weighted by Crippen LogP contribution is 2.33. The highest BCUT2D eigenvalue weighted by atomic mass is 16.3. The fraction of sp³-hybridized carbons (Fsp3) is 0.267. The van der Waals surface area contributed by atoms with Gasteiger partial charge in [0.2, 0.25) is 0 Å². The van der Waals surface area contributed by atoms with Gasteiger partial charge in [0, 0.05) is 10.9 Å². The molecular weight excluding hydrogens is 376 g/mol. The van der Waals surface area contributed by atoms with Crippen LogP contribution in [0.2, 0.25) is 0 Å². The van der Waals surface area contributed by atoms with Crippen LogP contribution in [0, 0.1) is 20.8 Å². The SMILES string of the molecule is C=C(CC)Cc1coc2cc(CCc3ccc(C)cc3C)c(-c3ccc(C)cc3)cc12. The summed E-state index contributed by atoms with van der Waals surface area (Å²) in [7, 11) is 0. The van der Waals surface area contributed by atoms with Gasteiger partial charge >= 0.3 is 0 Å². The van der Waals surface area contributed by atoms with Crippen LogP contribution in [-0.4, -0.2) is 0 Å². The van der Waals surface area contributed by atoms with Crippen LogP contribution in [0.5, 0.6) is 0 Å². The van der Waals surface area contributed by atoms with Crippen molar-refractivity contribution in [2.24, 2.45) is 0 Å². The summed E-state index contributed by atoms with van der Waals surface area (Å²) in [5.41, 5.74) is 12.7. The zero-order chi connectivity index (χ0) is 22.0. The Labute approximate surface area is 186 Å². The molecule has 1 heterocycles. The zero-order valence-corrected chi connectivity index (χ0v) is 19.2. The molecule has 0 aliphatic heterocycles. The van der Waals surface area contributed by atoms with Crippen molar-refractivity contribution < 1.29 is 4.42 Å². The minimum atomic E-state index is 0.874. The largest absolute Gasteiger partial charge is 0.464 e. The predicted octanol–water partition coefficient (Wildman–Crippen LogP) is 8.32. The van der Waals surface area contributed by atoms with Crippen LogP contribution < -0.4 is 0 Å². The van der Waals surface area contributed by atoms with E-state index >= 15 is 0 Å². The molecule has 0 saturated heterocycles. The maximum atomic E-state index is 6.00. The van der Waals surface area contributed by atoms with Gasteiger partial charge < -0.3 is 4.42 Å². The van der Waals surface area contributed by atoms with Gasteiger partial charge in [0.05, 0.1) is 6.26 Å². The van der Waals surface area contributed by atoms with E-state index in [1.807, 2.05) is 6.26 Å². The zero-order valence-electron chi connectivity index (χ0n) is 19.2. The Bertz CT molecular complexity index is 1220. The maximum Gasteiger partial charge on any atom is 0.134 e. The lowest BCUT2D eigenvalue weighted by Gasteiger charge is -2.13. The van der Waals surface area contributed by atoms with Gasteiger partial charge in [-0.05, 0) is 86.4 Å². The number of aryl methyl sites for hydroxylation is 5. The molecule has 1 nitrogen and oxygen atoms in total. The van der Waals surface area contributed by atoms with Gasteiger partial charge in [-0.1, -0.05) is 72.7 Å². The van der Waals surface area contributed by atoms with Crippen molar-refractivity contribution >= 4 is 11.0 Å². The lowest BCUT2D eigenvalue weighted by Crippen LogP contribution is -1.97. The Morgan fingerprint density at radius 3 is 2.23 bits per heavy atom. The average molecular weight is 409 g/mol. The fourth-order valence-corrected chi connectivity index (χ4v) is 4.30. The second kappa shape index (κ2) is 8.98. The molecular formula is C30H32O. The normalized spacial score (nSPS) is 11.2. The summed E-state index contributed by atoms with van der Waals surface area (Å²) in [5.74, 6) is 0. The molecule has 4 aromatic rings. The molecule has 1 heteroatoms. The van der Waals surface area contributed by atoms with Crippen LogP contribution in [0.4, 0.5) is 0 Å². The van der Waals surface area contributed by atoms with E-state index in [0.29, 0.717) is 0 Å². The number of fused-ring (bicyclic) bond motifs is 1. The molecule has 4 rings (SSSR count). The monoisotopic (exact) mass is 408 g/mol. The Kier molecular flexibility index (Phi) is 6.13. The van der Waals surface area contributed by atoms with E-state index < -0.39 is 0 Å². The Balaban J connectivity index is 1.76. The van der Waals surface area contributed by atoms with E-state index in [9.17, 15) is 0 Å². The highest BCUT2D eigenvalue weighted by molar-refractivity contribution is 5.88. The van der Waals surface area contributed by atoms with Gasteiger partial charge in [0.25, 0.3) is 0 Å². The van der Waals surface area contributed by atoms with Crippen molar-refractivity contribution in [1.29, 1.82) is 0 Å². The molecule has 0 unspecified atom stereocenters. The van der Waals surface area contributed by atoms with Crippen LogP contribution in [0.1, 0.15) is 46.7 Å². The molecule has 158 valence electrons. The molecule has 0 saturated carbocycles. The summed E-state index contributed by atoms with van der Waals surface area (Å²) in [6, 6.07) is 20.2. The minimum absolute atomic E-state index is 0.874. The average Bonchev–Trinajstić information content (AvgIpc) is 3.14. The van der Waals surface area contributed by atoms with Gasteiger partial charge in [0.15, 0.2) is 0 Å².